The number of rotatable bonds is 3. The fourth-order valence-corrected chi connectivity index (χ4v) is 2.21. The van der Waals surface area contributed by atoms with Crippen molar-refractivity contribution in [1.29, 1.82) is 0 Å². The molecule has 1 aliphatic carbocycles. The van der Waals surface area contributed by atoms with Gasteiger partial charge in [-0.25, -0.2) is 0 Å². The Labute approximate surface area is 95.8 Å². The van der Waals surface area contributed by atoms with Gasteiger partial charge in [0.1, 0.15) is 11.4 Å². The Morgan fingerprint density at radius 2 is 2.44 bits per heavy atom. The minimum atomic E-state index is -0.808. The van der Waals surface area contributed by atoms with E-state index in [2.05, 4.69) is 11.6 Å². The largest absolute Gasteiger partial charge is 0.494 e. The second-order valence-electron chi connectivity index (χ2n) is 4.32. The lowest BCUT2D eigenvalue weighted by Crippen LogP contribution is -2.18. The molecule has 0 radical (unpaired) electrons. The van der Waals surface area contributed by atoms with Gasteiger partial charge >= 0.3 is 0 Å². The van der Waals surface area contributed by atoms with Crippen LogP contribution >= 0.6 is 0 Å². The summed E-state index contributed by atoms with van der Waals surface area (Å²) in [6.45, 7) is 8.25. The molecule has 1 N–H and O–H groups in total. The van der Waals surface area contributed by atoms with E-state index in [1.54, 1.807) is 13.1 Å². The van der Waals surface area contributed by atoms with Gasteiger partial charge in [-0.1, -0.05) is 6.58 Å². The summed E-state index contributed by atoms with van der Waals surface area (Å²) in [6, 6.07) is 1.90. The van der Waals surface area contributed by atoms with Crippen LogP contribution in [0.1, 0.15) is 37.1 Å². The Balaban J connectivity index is 2.44. The molecule has 0 spiro atoms. The molecule has 0 saturated carbocycles. The third-order valence-corrected chi connectivity index (χ3v) is 3.05. The third kappa shape index (κ3) is 1.71. The van der Waals surface area contributed by atoms with E-state index in [9.17, 15) is 5.11 Å². The molecule has 0 bridgehead atoms. The maximum atomic E-state index is 10.1. The lowest BCUT2D eigenvalue weighted by molar-refractivity contribution is 0.0553. The van der Waals surface area contributed by atoms with Crippen molar-refractivity contribution in [3.05, 3.63) is 35.7 Å². The zero-order valence-corrected chi connectivity index (χ0v) is 9.79. The zero-order valence-electron chi connectivity index (χ0n) is 9.79. The Morgan fingerprint density at radius 3 is 3.12 bits per heavy atom. The summed E-state index contributed by atoms with van der Waals surface area (Å²) in [6.07, 6.45) is 3.25. The number of hydrogen-bond donors (Lipinski definition) is 1. The zero-order chi connectivity index (χ0) is 11.8. The fraction of sp³-hybridized carbons (Fsp3) is 0.462. The van der Waals surface area contributed by atoms with E-state index in [4.69, 9.17) is 4.74 Å². The van der Waals surface area contributed by atoms with Gasteiger partial charge in [0, 0.05) is 11.8 Å². The summed E-state index contributed by atoms with van der Waals surface area (Å²) < 4.78 is 5.42. The Kier molecular flexibility index (Phi) is 2.72. The number of nitrogens with zero attached hydrogens (tertiary/aromatic N) is 1. The first kappa shape index (κ1) is 11.1. The molecule has 2 rings (SSSR count). The van der Waals surface area contributed by atoms with Gasteiger partial charge in [0.05, 0.1) is 12.3 Å². The summed E-state index contributed by atoms with van der Waals surface area (Å²) in [5.41, 5.74) is 2.01. The summed E-state index contributed by atoms with van der Waals surface area (Å²) in [5.74, 6) is 0.666. The molecule has 1 atom stereocenters. The van der Waals surface area contributed by atoms with Gasteiger partial charge in [-0.05, 0) is 38.3 Å². The van der Waals surface area contributed by atoms with E-state index in [1.807, 2.05) is 13.0 Å². The van der Waals surface area contributed by atoms with Crippen molar-refractivity contribution in [3.8, 4) is 0 Å². The van der Waals surface area contributed by atoms with Gasteiger partial charge in [-0.2, -0.15) is 0 Å². The smallest absolute Gasteiger partial charge is 0.119 e. The van der Waals surface area contributed by atoms with Crippen LogP contribution in [-0.2, 0) is 16.8 Å². The van der Waals surface area contributed by atoms with Gasteiger partial charge in [0.25, 0.3) is 0 Å². The number of aliphatic hydroxyl groups is 1. The highest BCUT2D eigenvalue weighted by Crippen LogP contribution is 2.38. The SMILES string of the molecule is C=C(OCC)c1ccnc2c1CCC2(C)O. The number of fused-ring (bicyclic) bond motifs is 1. The van der Waals surface area contributed by atoms with Crippen molar-refractivity contribution in [2.24, 2.45) is 0 Å². The van der Waals surface area contributed by atoms with Gasteiger partial charge in [-0.15, -0.1) is 0 Å². The second-order valence-corrected chi connectivity index (χ2v) is 4.32. The van der Waals surface area contributed by atoms with Crippen molar-refractivity contribution >= 4 is 5.76 Å². The third-order valence-electron chi connectivity index (χ3n) is 3.05. The predicted molar refractivity (Wildman–Crippen MR) is 62.8 cm³/mol. The molecular formula is C13H17NO2. The quantitative estimate of drug-likeness (QED) is 0.793. The van der Waals surface area contributed by atoms with E-state index in [0.29, 0.717) is 18.8 Å². The molecule has 0 saturated heterocycles. The summed E-state index contributed by atoms with van der Waals surface area (Å²) >= 11 is 0. The Hall–Kier alpha value is -1.35. The molecule has 1 aliphatic rings. The predicted octanol–water partition coefficient (Wildman–Crippen LogP) is 2.24. The average molecular weight is 219 g/mol. The van der Waals surface area contributed by atoms with E-state index in [1.165, 1.54) is 0 Å². The van der Waals surface area contributed by atoms with E-state index < -0.39 is 5.60 Å². The number of aromatic nitrogens is 1. The lowest BCUT2D eigenvalue weighted by atomic mass is 10.0. The highest BCUT2D eigenvalue weighted by Gasteiger charge is 2.35. The molecule has 1 unspecified atom stereocenters. The van der Waals surface area contributed by atoms with Crippen LogP contribution in [0.4, 0.5) is 0 Å². The van der Waals surface area contributed by atoms with Crippen LogP contribution in [0, 0.1) is 0 Å². The Morgan fingerprint density at radius 1 is 1.69 bits per heavy atom. The number of ether oxygens (including phenoxy) is 1. The molecule has 0 aliphatic heterocycles. The topological polar surface area (TPSA) is 42.4 Å². The van der Waals surface area contributed by atoms with Gasteiger partial charge in [0.15, 0.2) is 0 Å². The molecule has 1 aromatic rings. The molecule has 16 heavy (non-hydrogen) atoms. The van der Waals surface area contributed by atoms with Crippen molar-refractivity contribution in [2.45, 2.75) is 32.3 Å². The molecule has 0 aromatic carbocycles. The van der Waals surface area contributed by atoms with E-state index >= 15 is 0 Å². The van der Waals surface area contributed by atoms with E-state index in [-0.39, 0.29) is 0 Å². The van der Waals surface area contributed by atoms with Crippen LogP contribution in [0.5, 0.6) is 0 Å². The molecule has 1 heterocycles. The first-order chi connectivity index (χ1) is 7.56. The van der Waals surface area contributed by atoms with Gasteiger partial charge < -0.3 is 9.84 Å². The van der Waals surface area contributed by atoms with Crippen LogP contribution in [0.15, 0.2) is 18.8 Å². The van der Waals surface area contributed by atoms with Crippen LogP contribution < -0.4 is 0 Å². The average Bonchev–Trinajstić information content (AvgIpc) is 2.55. The summed E-state index contributed by atoms with van der Waals surface area (Å²) in [7, 11) is 0. The number of hydrogen-bond acceptors (Lipinski definition) is 3. The molecule has 86 valence electrons. The van der Waals surface area contributed by atoms with Crippen molar-refractivity contribution in [1.82, 2.24) is 4.98 Å². The van der Waals surface area contributed by atoms with Crippen molar-refractivity contribution in [2.75, 3.05) is 6.61 Å². The molecule has 3 nitrogen and oxygen atoms in total. The standard InChI is InChI=1S/C13H17NO2/c1-4-16-9(2)10-6-8-14-12-11(10)5-7-13(12,3)15/h6,8,15H,2,4-5,7H2,1,3H3. The maximum absolute atomic E-state index is 10.1. The fourth-order valence-electron chi connectivity index (χ4n) is 2.21. The van der Waals surface area contributed by atoms with Crippen LogP contribution in [-0.4, -0.2) is 16.7 Å². The lowest BCUT2D eigenvalue weighted by Gasteiger charge is -2.17. The van der Waals surface area contributed by atoms with Gasteiger partial charge in [0.2, 0.25) is 0 Å². The number of pyridine rings is 1. The first-order valence-electron chi connectivity index (χ1n) is 5.59. The van der Waals surface area contributed by atoms with E-state index in [0.717, 1.165) is 23.2 Å². The van der Waals surface area contributed by atoms with Crippen LogP contribution in [0.25, 0.3) is 5.76 Å². The second kappa shape index (κ2) is 3.91. The summed E-state index contributed by atoms with van der Waals surface area (Å²) in [4.78, 5) is 4.27. The van der Waals surface area contributed by atoms with Crippen molar-refractivity contribution < 1.29 is 9.84 Å². The highest BCUT2D eigenvalue weighted by atomic mass is 16.5. The van der Waals surface area contributed by atoms with Crippen LogP contribution in [0.3, 0.4) is 0 Å². The maximum Gasteiger partial charge on any atom is 0.119 e. The molecule has 0 fully saturated rings. The van der Waals surface area contributed by atoms with Crippen molar-refractivity contribution in [3.63, 3.8) is 0 Å². The molecular weight excluding hydrogens is 202 g/mol. The molecule has 0 amide bonds. The van der Waals surface area contributed by atoms with Crippen LogP contribution in [0.2, 0.25) is 0 Å². The minimum absolute atomic E-state index is 0.603. The molecule has 1 aromatic heterocycles. The minimum Gasteiger partial charge on any atom is -0.494 e. The highest BCUT2D eigenvalue weighted by molar-refractivity contribution is 5.63. The first-order valence-corrected chi connectivity index (χ1v) is 5.59. The monoisotopic (exact) mass is 219 g/mol. The summed E-state index contributed by atoms with van der Waals surface area (Å²) in [5, 5.41) is 10.1. The van der Waals surface area contributed by atoms with Gasteiger partial charge in [-0.3, -0.25) is 4.98 Å². The molecule has 3 heteroatoms. The normalized spacial score (nSPS) is 22.9. The Bertz CT molecular complexity index is 424.